The summed E-state index contributed by atoms with van der Waals surface area (Å²) in [5.41, 5.74) is 0.263. The van der Waals surface area contributed by atoms with Gasteiger partial charge in [-0.3, -0.25) is 4.79 Å². The summed E-state index contributed by atoms with van der Waals surface area (Å²) in [6, 6.07) is 21.8. The topological polar surface area (TPSA) is 88.4 Å². The lowest BCUT2D eigenvalue weighted by molar-refractivity contribution is 0.0885. The van der Waals surface area contributed by atoms with Crippen LogP contribution in [0.25, 0.3) is 0 Å². The van der Waals surface area contributed by atoms with Gasteiger partial charge in [0, 0.05) is 5.54 Å². The minimum absolute atomic E-state index is 0.0811. The van der Waals surface area contributed by atoms with Crippen LogP contribution >= 0.6 is 0 Å². The zero-order chi connectivity index (χ0) is 22.0. The van der Waals surface area contributed by atoms with Gasteiger partial charge in [-0.25, -0.2) is 13.1 Å². The van der Waals surface area contributed by atoms with Crippen LogP contribution < -0.4 is 10.0 Å². The number of rotatable bonds is 6. The fraction of sp³-hybridized carbons (Fsp3) is 0.261. The summed E-state index contributed by atoms with van der Waals surface area (Å²) >= 11 is 0. The summed E-state index contributed by atoms with van der Waals surface area (Å²) in [5.74, 6) is -0.593. The smallest absolute Gasteiger partial charge is 0.288 e. The Morgan fingerprint density at radius 1 is 0.800 bits per heavy atom. The van der Waals surface area contributed by atoms with Gasteiger partial charge in [-0.2, -0.15) is 0 Å². The fourth-order valence-corrected chi connectivity index (χ4v) is 4.54. The van der Waals surface area contributed by atoms with Gasteiger partial charge in [-0.05, 0) is 51.0 Å². The molecular formula is C23H26N2O4S. The number of nitrogens with one attached hydrogen (secondary N) is 2. The SMILES string of the molecule is CC(C)(C)NS(=O)(=O)c1ccc(C(=O)NC(C)(c2ccccc2)c2ccccc2)o1. The monoisotopic (exact) mass is 426 g/mol. The molecule has 0 fully saturated rings. The average molecular weight is 427 g/mol. The highest BCUT2D eigenvalue weighted by Gasteiger charge is 2.33. The molecule has 1 aromatic heterocycles. The van der Waals surface area contributed by atoms with Crippen LogP contribution in [0, 0.1) is 0 Å². The third kappa shape index (κ3) is 4.80. The molecule has 30 heavy (non-hydrogen) atoms. The van der Waals surface area contributed by atoms with E-state index in [1.54, 1.807) is 20.8 Å². The van der Waals surface area contributed by atoms with Crippen LogP contribution in [-0.4, -0.2) is 19.9 Å². The highest BCUT2D eigenvalue weighted by molar-refractivity contribution is 7.89. The van der Waals surface area contributed by atoms with Gasteiger partial charge >= 0.3 is 0 Å². The van der Waals surface area contributed by atoms with Gasteiger partial charge in [0.05, 0.1) is 5.54 Å². The number of benzene rings is 2. The normalized spacial score (nSPS) is 12.5. The molecule has 6 nitrogen and oxygen atoms in total. The quantitative estimate of drug-likeness (QED) is 0.622. The minimum Gasteiger partial charge on any atom is -0.438 e. The molecule has 0 aliphatic rings. The lowest BCUT2D eigenvalue weighted by atomic mass is 9.84. The summed E-state index contributed by atoms with van der Waals surface area (Å²) < 4.78 is 32.9. The third-order valence-electron chi connectivity index (χ3n) is 4.58. The van der Waals surface area contributed by atoms with E-state index < -0.39 is 27.0 Å². The molecule has 0 radical (unpaired) electrons. The van der Waals surface area contributed by atoms with Crippen molar-refractivity contribution in [2.75, 3.05) is 0 Å². The van der Waals surface area contributed by atoms with Crippen molar-refractivity contribution < 1.29 is 17.6 Å². The Bertz CT molecular complexity index is 1080. The molecule has 3 aromatic rings. The first-order valence-electron chi connectivity index (χ1n) is 9.59. The van der Waals surface area contributed by atoms with E-state index in [0.717, 1.165) is 11.1 Å². The average Bonchev–Trinajstić information content (AvgIpc) is 3.19. The van der Waals surface area contributed by atoms with Crippen LogP contribution in [0.1, 0.15) is 49.4 Å². The molecule has 0 aliphatic carbocycles. The van der Waals surface area contributed by atoms with E-state index in [1.165, 1.54) is 12.1 Å². The molecule has 0 unspecified atom stereocenters. The molecule has 0 saturated carbocycles. The van der Waals surface area contributed by atoms with Crippen LogP contribution in [0.15, 0.2) is 82.3 Å². The molecule has 0 aliphatic heterocycles. The first-order valence-corrected chi connectivity index (χ1v) is 11.1. The molecular weight excluding hydrogens is 400 g/mol. The second-order valence-electron chi connectivity index (χ2n) is 8.29. The maximum absolute atomic E-state index is 13.0. The molecule has 2 aromatic carbocycles. The number of sulfonamides is 1. The number of furan rings is 1. The van der Waals surface area contributed by atoms with Crippen molar-refractivity contribution in [1.82, 2.24) is 10.0 Å². The van der Waals surface area contributed by atoms with E-state index in [1.807, 2.05) is 67.6 Å². The van der Waals surface area contributed by atoms with Gasteiger partial charge in [0.2, 0.25) is 5.09 Å². The zero-order valence-electron chi connectivity index (χ0n) is 17.5. The van der Waals surface area contributed by atoms with E-state index in [2.05, 4.69) is 10.0 Å². The van der Waals surface area contributed by atoms with E-state index in [0.29, 0.717) is 0 Å². The minimum atomic E-state index is -3.88. The largest absolute Gasteiger partial charge is 0.438 e. The van der Waals surface area contributed by atoms with Crippen molar-refractivity contribution >= 4 is 15.9 Å². The van der Waals surface area contributed by atoms with Gasteiger partial charge in [-0.1, -0.05) is 60.7 Å². The zero-order valence-corrected chi connectivity index (χ0v) is 18.3. The third-order valence-corrected chi connectivity index (χ3v) is 6.21. The Labute approximate surface area is 177 Å². The van der Waals surface area contributed by atoms with Crippen LogP contribution in [0.3, 0.4) is 0 Å². The van der Waals surface area contributed by atoms with Crippen molar-refractivity contribution in [2.45, 2.75) is 43.9 Å². The highest BCUT2D eigenvalue weighted by Crippen LogP contribution is 2.30. The van der Waals surface area contributed by atoms with Crippen LogP contribution in [0.4, 0.5) is 0 Å². The molecule has 158 valence electrons. The van der Waals surface area contributed by atoms with Crippen molar-refractivity contribution in [3.8, 4) is 0 Å². The number of hydrogen-bond donors (Lipinski definition) is 2. The maximum Gasteiger partial charge on any atom is 0.288 e. The van der Waals surface area contributed by atoms with Crippen molar-refractivity contribution in [3.63, 3.8) is 0 Å². The van der Waals surface area contributed by atoms with Crippen molar-refractivity contribution in [3.05, 3.63) is 89.7 Å². The Hall–Kier alpha value is -2.90. The van der Waals surface area contributed by atoms with Gasteiger partial charge in [0.15, 0.2) is 5.76 Å². The lowest BCUT2D eigenvalue weighted by Crippen LogP contribution is -2.44. The Morgan fingerprint density at radius 3 is 1.77 bits per heavy atom. The maximum atomic E-state index is 13.0. The van der Waals surface area contributed by atoms with E-state index in [4.69, 9.17) is 4.42 Å². The van der Waals surface area contributed by atoms with Crippen LogP contribution in [0.2, 0.25) is 0 Å². The standard InChI is InChI=1S/C23H26N2O4S/c1-22(2,3)25-30(27,28)20-16-15-19(29-20)21(26)24-23(4,17-11-7-5-8-12-17)18-13-9-6-10-14-18/h5-16,25H,1-4H3,(H,24,26). The Kier molecular flexibility index (Phi) is 5.87. The molecule has 0 spiro atoms. The summed E-state index contributed by atoms with van der Waals surface area (Å²) in [6.45, 7) is 7.09. The van der Waals surface area contributed by atoms with Gasteiger partial charge in [0.1, 0.15) is 0 Å². The summed E-state index contributed by atoms with van der Waals surface area (Å²) in [6.07, 6.45) is 0. The molecule has 2 N–H and O–H groups in total. The second-order valence-corrected chi connectivity index (χ2v) is 9.90. The second kappa shape index (κ2) is 8.08. The van der Waals surface area contributed by atoms with Gasteiger partial charge < -0.3 is 9.73 Å². The molecule has 3 rings (SSSR count). The Balaban J connectivity index is 1.92. The highest BCUT2D eigenvalue weighted by atomic mass is 32.2. The molecule has 0 bridgehead atoms. The van der Waals surface area contributed by atoms with E-state index in [9.17, 15) is 13.2 Å². The van der Waals surface area contributed by atoms with Crippen LogP contribution in [-0.2, 0) is 15.6 Å². The van der Waals surface area contributed by atoms with E-state index >= 15 is 0 Å². The summed E-state index contributed by atoms with van der Waals surface area (Å²) in [5, 5.41) is 2.71. The van der Waals surface area contributed by atoms with Crippen molar-refractivity contribution in [2.24, 2.45) is 0 Å². The van der Waals surface area contributed by atoms with Gasteiger partial charge in [-0.15, -0.1) is 0 Å². The molecule has 0 atom stereocenters. The summed E-state index contributed by atoms with van der Waals surface area (Å²) in [4.78, 5) is 13.0. The number of carbonyl (C=O) groups excluding carboxylic acids is 1. The first-order chi connectivity index (χ1) is 14.0. The number of hydrogen-bond acceptors (Lipinski definition) is 4. The van der Waals surface area contributed by atoms with Crippen molar-refractivity contribution in [1.29, 1.82) is 0 Å². The lowest BCUT2D eigenvalue weighted by Gasteiger charge is -2.32. The molecule has 1 heterocycles. The molecule has 1 amide bonds. The predicted octanol–water partition coefficient (Wildman–Crippen LogP) is 4.05. The summed E-state index contributed by atoms with van der Waals surface area (Å²) in [7, 11) is -3.88. The van der Waals surface area contributed by atoms with Crippen LogP contribution in [0.5, 0.6) is 0 Å². The molecule has 7 heteroatoms. The first kappa shape index (κ1) is 21.8. The number of carbonyl (C=O) groups is 1. The van der Waals surface area contributed by atoms with E-state index in [-0.39, 0.29) is 10.9 Å². The Morgan fingerprint density at radius 2 is 1.30 bits per heavy atom. The fourth-order valence-electron chi connectivity index (χ4n) is 3.18. The molecule has 0 saturated heterocycles. The number of amides is 1. The predicted molar refractivity (Wildman–Crippen MR) is 116 cm³/mol. The van der Waals surface area contributed by atoms with Gasteiger partial charge in [0.25, 0.3) is 15.9 Å².